The van der Waals surface area contributed by atoms with Gasteiger partial charge in [-0.05, 0) is 0 Å². The van der Waals surface area contributed by atoms with Gasteiger partial charge in [-0.1, -0.05) is 12.2 Å². The first-order valence-corrected chi connectivity index (χ1v) is 2.76. The van der Waals surface area contributed by atoms with E-state index in [2.05, 4.69) is 0 Å². The zero-order valence-electron chi connectivity index (χ0n) is 4.83. The lowest BCUT2D eigenvalue weighted by molar-refractivity contribution is -0.122. The standard InChI is InChI=1S/C4H7ClO.CH2O2/c5-3-1-2-4-6;2-1-3/h1-2,6H,3-4H2;1H,(H,2,3). The van der Waals surface area contributed by atoms with E-state index in [4.69, 9.17) is 26.6 Å². The minimum atomic E-state index is -0.250. The van der Waals surface area contributed by atoms with Crippen molar-refractivity contribution in [3.8, 4) is 0 Å². The zero-order valence-corrected chi connectivity index (χ0v) is 5.58. The Morgan fingerprint density at radius 3 is 2.00 bits per heavy atom. The Hall–Kier alpha value is -0.540. The van der Waals surface area contributed by atoms with Crippen molar-refractivity contribution in [1.29, 1.82) is 0 Å². The van der Waals surface area contributed by atoms with Crippen LogP contribution in [-0.2, 0) is 4.79 Å². The van der Waals surface area contributed by atoms with Gasteiger partial charge in [-0.25, -0.2) is 0 Å². The molecule has 0 aliphatic rings. The number of rotatable bonds is 2. The topological polar surface area (TPSA) is 57.5 Å². The summed E-state index contributed by atoms with van der Waals surface area (Å²) in [6.07, 6.45) is 3.30. The summed E-state index contributed by atoms with van der Waals surface area (Å²) in [5, 5.41) is 14.9. The van der Waals surface area contributed by atoms with Crippen molar-refractivity contribution >= 4 is 18.1 Å². The van der Waals surface area contributed by atoms with Crippen LogP contribution in [0.2, 0.25) is 0 Å². The predicted molar refractivity (Wildman–Crippen MR) is 35.6 cm³/mol. The molecule has 4 heteroatoms. The van der Waals surface area contributed by atoms with Gasteiger partial charge in [0.1, 0.15) is 0 Å². The van der Waals surface area contributed by atoms with Crippen molar-refractivity contribution in [2.45, 2.75) is 0 Å². The first-order valence-electron chi connectivity index (χ1n) is 2.23. The molecule has 0 aliphatic carbocycles. The predicted octanol–water partition coefficient (Wildman–Crippen LogP) is 0.474. The number of aliphatic hydroxyl groups excluding tert-OH is 1. The highest BCUT2D eigenvalue weighted by Crippen LogP contribution is 1.74. The monoisotopic (exact) mass is 152 g/mol. The molecule has 0 saturated carbocycles. The van der Waals surface area contributed by atoms with Crippen molar-refractivity contribution in [3.05, 3.63) is 12.2 Å². The van der Waals surface area contributed by atoms with Crippen LogP contribution >= 0.6 is 11.6 Å². The Morgan fingerprint density at radius 2 is 1.89 bits per heavy atom. The van der Waals surface area contributed by atoms with Crippen LogP contribution in [0.5, 0.6) is 0 Å². The van der Waals surface area contributed by atoms with E-state index in [1.54, 1.807) is 12.2 Å². The van der Waals surface area contributed by atoms with Crippen LogP contribution in [0, 0.1) is 0 Å². The van der Waals surface area contributed by atoms with E-state index in [0.29, 0.717) is 5.88 Å². The van der Waals surface area contributed by atoms with E-state index in [1.807, 2.05) is 0 Å². The Kier molecular flexibility index (Phi) is 19.6. The smallest absolute Gasteiger partial charge is 0.290 e. The molecule has 0 fully saturated rings. The normalized spacial score (nSPS) is 8.22. The zero-order chi connectivity index (χ0) is 7.54. The largest absolute Gasteiger partial charge is 0.483 e. The van der Waals surface area contributed by atoms with Gasteiger partial charge in [0, 0.05) is 5.88 Å². The first kappa shape index (κ1) is 11.3. The highest BCUT2D eigenvalue weighted by Gasteiger charge is 1.62. The molecule has 0 amide bonds. The molecule has 0 atom stereocenters. The lowest BCUT2D eigenvalue weighted by Crippen LogP contribution is -1.69. The molecule has 0 unspecified atom stereocenters. The molecular weight excluding hydrogens is 144 g/mol. The van der Waals surface area contributed by atoms with E-state index in [1.165, 1.54) is 0 Å². The maximum Gasteiger partial charge on any atom is 0.290 e. The summed E-state index contributed by atoms with van der Waals surface area (Å²) < 4.78 is 0. The molecule has 0 bridgehead atoms. The molecule has 0 heterocycles. The lowest BCUT2D eigenvalue weighted by Gasteiger charge is -1.71. The molecule has 54 valence electrons. The van der Waals surface area contributed by atoms with Crippen molar-refractivity contribution in [2.24, 2.45) is 0 Å². The molecule has 0 aliphatic heterocycles. The van der Waals surface area contributed by atoms with E-state index >= 15 is 0 Å². The molecular formula is C5H9ClO3. The molecule has 0 spiro atoms. The van der Waals surface area contributed by atoms with E-state index in [0.717, 1.165) is 0 Å². The molecule has 9 heavy (non-hydrogen) atoms. The maximum atomic E-state index is 8.36. The van der Waals surface area contributed by atoms with Gasteiger partial charge < -0.3 is 10.2 Å². The van der Waals surface area contributed by atoms with Gasteiger partial charge in [0.05, 0.1) is 6.61 Å². The van der Waals surface area contributed by atoms with Gasteiger partial charge in [-0.2, -0.15) is 0 Å². The van der Waals surface area contributed by atoms with Crippen molar-refractivity contribution in [3.63, 3.8) is 0 Å². The quantitative estimate of drug-likeness (QED) is 0.344. The SMILES string of the molecule is O=CO.OCC=CCCl. The molecule has 0 aromatic heterocycles. The number of hydrogen-bond donors (Lipinski definition) is 2. The molecule has 0 aromatic carbocycles. The number of aliphatic hydroxyl groups is 1. The summed E-state index contributed by atoms with van der Waals surface area (Å²) in [5.41, 5.74) is 0. The third kappa shape index (κ3) is 36.7. The maximum absolute atomic E-state index is 8.36. The van der Waals surface area contributed by atoms with E-state index < -0.39 is 0 Å². The fraction of sp³-hybridized carbons (Fsp3) is 0.400. The molecule has 3 nitrogen and oxygen atoms in total. The van der Waals surface area contributed by atoms with Gasteiger partial charge in [0.25, 0.3) is 6.47 Å². The van der Waals surface area contributed by atoms with Crippen LogP contribution in [0.1, 0.15) is 0 Å². The highest BCUT2D eigenvalue weighted by molar-refractivity contribution is 6.18. The van der Waals surface area contributed by atoms with Crippen LogP contribution in [-0.4, -0.2) is 29.2 Å². The van der Waals surface area contributed by atoms with Gasteiger partial charge >= 0.3 is 0 Å². The van der Waals surface area contributed by atoms with Crippen LogP contribution < -0.4 is 0 Å². The number of hydrogen-bond acceptors (Lipinski definition) is 2. The Labute approximate surface area is 58.6 Å². The summed E-state index contributed by atoms with van der Waals surface area (Å²) in [6.45, 7) is -0.160. The number of carboxylic acid groups (broad SMARTS) is 1. The number of halogens is 1. The van der Waals surface area contributed by atoms with Gasteiger partial charge in [0.15, 0.2) is 0 Å². The highest BCUT2D eigenvalue weighted by atomic mass is 35.5. The summed E-state index contributed by atoms with van der Waals surface area (Å²) in [6, 6.07) is 0. The Balaban J connectivity index is 0. The average molecular weight is 153 g/mol. The fourth-order valence-electron chi connectivity index (χ4n) is 0.138. The minimum Gasteiger partial charge on any atom is -0.483 e. The fourth-order valence-corrected chi connectivity index (χ4v) is 0.264. The van der Waals surface area contributed by atoms with Gasteiger partial charge in [0.2, 0.25) is 0 Å². The minimum absolute atomic E-state index is 0.0900. The second kappa shape index (κ2) is 15.7. The molecule has 0 aromatic rings. The third-order valence-electron chi connectivity index (χ3n) is 0.361. The molecule has 2 N–H and O–H groups in total. The average Bonchev–Trinajstić information content (AvgIpc) is 1.86. The second-order valence-electron chi connectivity index (χ2n) is 0.914. The molecule has 0 radical (unpaired) electrons. The molecule has 0 saturated heterocycles. The van der Waals surface area contributed by atoms with Gasteiger partial charge in [-0.3, -0.25) is 4.79 Å². The third-order valence-corrected chi connectivity index (χ3v) is 0.539. The van der Waals surface area contributed by atoms with Crippen molar-refractivity contribution in [1.82, 2.24) is 0 Å². The first-order chi connectivity index (χ1) is 4.33. The van der Waals surface area contributed by atoms with Crippen LogP contribution in [0.15, 0.2) is 12.2 Å². The molecule has 0 rings (SSSR count). The van der Waals surface area contributed by atoms with Crippen molar-refractivity contribution < 1.29 is 15.0 Å². The number of carbonyl (C=O) groups is 1. The Morgan fingerprint density at radius 1 is 1.44 bits per heavy atom. The van der Waals surface area contributed by atoms with Crippen LogP contribution in [0.3, 0.4) is 0 Å². The summed E-state index contributed by atoms with van der Waals surface area (Å²) in [7, 11) is 0. The summed E-state index contributed by atoms with van der Waals surface area (Å²) in [4.78, 5) is 8.36. The van der Waals surface area contributed by atoms with Crippen LogP contribution in [0.25, 0.3) is 0 Å². The van der Waals surface area contributed by atoms with Gasteiger partial charge in [-0.15, -0.1) is 11.6 Å². The van der Waals surface area contributed by atoms with Crippen molar-refractivity contribution in [2.75, 3.05) is 12.5 Å². The van der Waals surface area contributed by atoms with E-state index in [-0.39, 0.29) is 13.1 Å². The Bertz CT molecular complexity index is 66.6. The second-order valence-corrected chi connectivity index (χ2v) is 1.22. The summed E-state index contributed by atoms with van der Waals surface area (Å²) >= 11 is 5.18. The lowest BCUT2D eigenvalue weighted by atomic mass is 10.6. The van der Waals surface area contributed by atoms with Crippen LogP contribution in [0.4, 0.5) is 0 Å². The number of allylic oxidation sites excluding steroid dienone is 1. The number of alkyl halides is 1. The van der Waals surface area contributed by atoms with E-state index in [9.17, 15) is 0 Å². The summed E-state index contributed by atoms with van der Waals surface area (Å²) in [5.74, 6) is 0.487.